The van der Waals surface area contributed by atoms with Gasteiger partial charge in [0.15, 0.2) is 5.96 Å². The number of aryl methyl sites for hydroxylation is 1. The van der Waals surface area contributed by atoms with Gasteiger partial charge in [0, 0.05) is 26.4 Å². The molecule has 1 aromatic rings. The summed E-state index contributed by atoms with van der Waals surface area (Å²) in [6.07, 6.45) is 1.73. The maximum absolute atomic E-state index is 5.95. The third-order valence-electron chi connectivity index (χ3n) is 2.06. The zero-order valence-electron chi connectivity index (χ0n) is 10.3. The molecule has 3 N–H and O–H groups in total. The zero-order valence-corrected chi connectivity index (χ0v) is 11.0. The number of nitrogens with zero attached hydrogens (tertiary/aromatic N) is 3. The van der Waals surface area contributed by atoms with E-state index in [0.29, 0.717) is 29.8 Å². The van der Waals surface area contributed by atoms with E-state index in [0.717, 1.165) is 0 Å². The first-order valence-corrected chi connectivity index (χ1v) is 5.64. The van der Waals surface area contributed by atoms with Crippen LogP contribution >= 0.6 is 11.6 Å². The third-order valence-corrected chi connectivity index (χ3v) is 2.38. The van der Waals surface area contributed by atoms with Crippen molar-refractivity contribution >= 4 is 17.6 Å². The predicted molar refractivity (Wildman–Crippen MR) is 68.0 cm³/mol. The lowest BCUT2D eigenvalue weighted by molar-refractivity contribution is 0.179. The molecule has 0 amide bonds. The number of nitrogens with one attached hydrogen (secondary N) is 1. The van der Waals surface area contributed by atoms with Gasteiger partial charge in [-0.2, -0.15) is 5.10 Å². The Kier molecular flexibility index (Phi) is 5.24. The molecule has 1 unspecified atom stereocenters. The number of hydrogen-bond acceptors (Lipinski definition) is 3. The van der Waals surface area contributed by atoms with Gasteiger partial charge in [-0.25, -0.2) is 4.99 Å². The quantitative estimate of drug-likeness (QED) is 0.597. The van der Waals surface area contributed by atoms with Gasteiger partial charge >= 0.3 is 0 Å². The lowest BCUT2D eigenvalue weighted by atomic mass is 10.4. The molecule has 17 heavy (non-hydrogen) atoms. The molecule has 96 valence electrons. The Bertz CT molecular complexity index is 390. The van der Waals surface area contributed by atoms with Crippen LogP contribution in [0.3, 0.4) is 0 Å². The first kappa shape index (κ1) is 13.8. The molecule has 1 aromatic heterocycles. The van der Waals surface area contributed by atoms with E-state index >= 15 is 0 Å². The van der Waals surface area contributed by atoms with E-state index < -0.39 is 0 Å². The maximum atomic E-state index is 5.95. The first-order valence-electron chi connectivity index (χ1n) is 5.26. The average molecular weight is 260 g/mol. The summed E-state index contributed by atoms with van der Waals surface area (Å²) in [5.41, 5.74) is 6.42. The van der Waals surface area contributed by atoms with Crippen LogP contribution in [0.15, 0.2) is 11.2 Å². The molecule has 0 aromatic carbocycles. The van der Waals surface area contributed by atoms with Gasteiger partial charge < -0.3 is 15.8 Å². The number of ether oxygens (including phenoxy) is 1. The minimum absolute atomic E-state index is 0.114. The molecule has 7 heteroatoms. The molecule has 0 bridgehead atoms. The topological polar surface area (TPSA) is 77.5 Å². The number of nitrogens with two attached hydrogens (primary N) is 1. The lowest BCUT2D eigenvalue weighted by Crippen LogP contribution is -2.40. The van der Waals surface area contributed by atoms with Crippen molar-refractivity contribution in [2.75, 3.05) is 13.7 Å². The summed E-state index contributed by atoms with van der Waals surface area (Å²) in [7, 11) is 3.44. The van der Waals surface area contributed by atoms with E-state index in [1.165, 1.54) is 0 Å². The van der Waals surface area contributed by atoms with Gasteiger partial charge in [-0.3, -0.25) is 4.68 Å². The van der Waals surface area contributed by atoms with Crippen LogP contribution in [0.2, 0.25) is 5.02 Å². The number of guanidine groups is 1. The van der Waals surface area contributed by atoms with Crippen molar-refractivity contribution in [2.24, 2.45) is 17.8 Å². The summed E-state index contributed by atoms with van der Waals surface area (Å²) in [5, 5.41) is 7.76. The second-order valence-electron chi connectivity index (χ2n) is 3.80. The van der Waals surface area contributed by atoms with Crippen molar-refractivity contribution in [3.8, 4) is 0 Å². The first-order chi connectivity index (χ1) is 8.02. The molecule has 0 radical (unpaired) electrons. The minimum atomic E-state index is 0.114. The Morgan fingerprint density at radius 1 is 1.76 bits per heavy atom. The fraction of sp³-hybridized carbons (Fsp3) is 0.600. The molecule has 0 saturated heterocycles. The molecular formula is C10H18ClN5O. The Labute approximate surface area is 106 Å². The monoisotopic (exact) mass is 259 g/mol. The minimum Gasteiger partial charge on any atom is -0.383 e. The molecule has 6 nitrogen and oxygen atoms in total. The van der Waals surface area contributed by atoms with Crippen LogP contribution in [0.25, 0.3) is 0 Å². The fourth-order valence-electron chi connectivity index (χ4n) is 1.36. The van der Waals surface area contributed by atoms with Crippen LogP contribution in [0.4, 0.5) is 0 Å². The molecule has 1 atom stereocenters. The van der Waals surface area contributed by atoms with Crippen LogP contribution < -0.4 is 11.1 Å². The van der Waals surface area contributed by atoms with Crippen LogP contribution in [-0.2, 0) is 18.3 Å². The molecule has 1 heterocycles. The van der Waals surface area contributed by atoms with Crippen molar-refractivity contribution in [1.29, 1.82) is 0 Å². The highest BCUT2D eigenvalue weighted by Gasteiger charge is 2.05. The van der Waals surface area contributed by atoms with E-state index in [2.05, 4.69) is 15.4 Å². The smallest absolute Gasteiger partial charge is 0.189 e. The van der Waals surface area contributed by atoms with Crippen LogP contribution in [0.1, 0.15) is 12.6 Å². The van der Waals surface area contributed by atoms with Crippen molar-refractivity contribution < 1.29 is 4.74 Å². The predicted octanol–water partition coefficient (Wildman–Crippen LogP) is 0.513. The number of methoxy groups -OCH3 is 1. The van der Waals surface area contributed by atoms with Crippen molar-refractivity contribution in [2.45, 2.75) is 19.5 Å². The number of aliphatic imine (C=N–C) groups is 1. The van der Waals surface area contributed by atoms with E-state index in [9.17, 15) is 0 Å². The highest BCUT2D eigenvalue weighted by Crippen LogP contribution is 2.13. The van der Waals surface area contributed by atoms with Gasteiger partial charge in [0.1, 0.15) is 5.69 Å². The van der Waals surface area contributed by atoms with Crippen LogP contribution in [-0.4, -0.2) is 35.5 Å². The number of rotatable bonds is 5. The van der Waals surface area contributed by atoms with E-state index in [4.69, 9.17) is 22.1 Å². The van der Waals surface area contributed by atoms with Gasteiger partial charge in [0.05, 0.1) is 18.2 Å². The van der Waals surface area contributed by atoms with E-state index in [1.54, 1.807) is 25.0 Å². The van der Waals surface area contributed by atoms with E-state index in [1.807, 2.05) is 6.92 Å². The summed E-state index contributed by atoms with van der Waals surface area (Å²) in [6.45, 7) is 2.89. The van der Waals surface area contributed by atoms with Gasteiger partial charge in [0.25, 0.3) is 0 Å². The number of hydrogen-bond donors (Lipinski definition) is 2. The van der Waals surface area contributed by atoms with Crippen LogP contribution in [0.5, 0.6) is 0 Å². The van der Waals surface area contributed by atoms with Gasteiger partial charge in [-0.1, -0.05) is 11.6 Å². The maximum Gasteiger partial charge on any atom is 0.189 e. The average Bonchev–Trinajstić information content (AvgIpc) is 2.54. The van der Waals surface area contributed by atoms with Crippen LogP contribution in [0, 0.1) is 0 Å². The number of halogens is 1. The molecular weight excluding hydrogens is 242 g/mol. The summed E-state index contributed by atoms with van der Waals surface area (Å²) in [5.74, 6) is 0.358. The lowest BCUT2D eigenvalue weighted by Gasteiger charge is -2.12. The van der Waals surface area contributed by atoms with Crippen molar-refractivity contribution in [3.05, 3.63) is 16.9 Å². The standard InChI is InChI=1S/C10H18ClN5O/c1-7(6-17-3)14-10(12)13-4-9-8(11)5-16(2)15-9/h5,7H,4,6H2,1-3H3,(H3,12,13,14). The van der Waals surface area contributed by atoms with Crippen molar-refractivity contribution in [3.63, 3.8) is 0 Å². The third kappa shape index (κ3) is 4.62. The second kappa shape index (κ2) is 6.46. The zero-order chi connectivity index (χ0) is 12.8. The molecule has 1 rings (SSSR count). The summed E-state index contributed by atoms with van der Waals surface area (Å²) >= 11 is 5.95. The number of aromatic nitrogens is 2. The summed E-state index contributed by atoms with van der Waals surface area (Å²) in [6, 6.07) is 0.114. The van der Waals surface area contributed by atoms with Gasteiger partial charge in [-0.15, -0.1) is 0 Å². The summed E-state index contributed by atoms with van der Waals surface area (Å²) in [4.78, 5) is 4.16. The molecule has 0 aliphatic rings. The molecule has 0 spiro atoms. The molecule has 0 saturated carbocycles. The fourth-order valence-corrected chi connectivity index (χ4v) is 1.60. The molecule has 0 fully saturated rings. The highest BCUT2D eigenvalue weighted by molar-refractivity contribution is 6.31. The van der Waals surface area contributed by atoms with Gasteiger partial charge in [0.2, 0.25) is 0 Å². The molecule has 0 aliphatic carbocycles. The Morgan fingerprint density at radius 3 is 3.00 bits per heavy atom. The Balaban J connectivity index is 2.50. The van der Waals surface area contributed by atoms with E-state index in [-0.39, 0.29) is 6.04 Å². The van der Waals surface area contributed by atoms with Crippen molar-refractivity contribution in [1.82, 2.24) is 15.1 Å². The largest absolute Gasteiger partial charge is 0.383 e. The normalized spacial score (nSPS) is 13.8. The summed E-state index contributed by atoms with van der Waals surface area (Å²) < 4.78 is 6.62. The second-order valence-corrected chi connectivity index (χ2v) is 4.21. The Morgan fingerprint density at radius 2 is 2.47 bits per heavy atom. The Hall–Kier alpha value is -1.27. The highest BCUT2D eigenvalue weighted by atomic mass is 35.5. The molecule has 0 aliphatic heterocycles. The van der Waals surface area contributed by atoms with Gasteiger partial charge in [-0.05, 0) is 6.92 Å². The SMILES string of the molecule is COCC(C)NC(N)=NCc1nn(C)cc1Cl.